The Morgan fingerprint density at radius 1 is 1.05 bits per heavy atom. The van der Waals surface area contributed by atoms with Crippen LogP contribution in [-0.4, -0.2) is 18.5 Å². The van der Waals surface area contributed by atoms with Crippen molar-refractivity contribution in [2.75, 3.05) is 6.54 Å². The molecule has 0 heterocycles. The van der Waals surface area contributed by atoms with Crippen LogP contribution in [0.3, 0.4) is 0 Å². The SMILES string of the molecule is CC(C)CNC(=O)C(C)NC(c1ccccc1)C(C)C. The van der Waals surface area contributed by atoms with Crippen molar-refractivity contribution in [1.82, 2.24) is 10.6 Å². The Hall–Kier alpha value is -1.35. The molecule has 1 aromatic carbocycles. The van der Waals surface area contributed by atoms with Gasteiger partial charge in [0.25, 0.3) is 0 Å². The molecule has 1 rings (SSSR count). The molecule has 20 heavy (non-hydrogen) atoms. The predicted molar refractivity (Wildman–Crippen MR) is 84.5 cm³/mol. The second-order valence-electron chi connectivity index (χ2n) is 6.16. The van der Waals surface area contributed by atoms with Crippen molar-refractivity contribution < 1.29 is 4.79 Å². The van der Waals surface area contributed by atoms with E-state index in [1.807, 2.05) is 25.1 Å². The lowest BCUT2D eigenvalue weighted by atomic mass is 9.95. The van der Waals surface area contributed by atoms with Crippen LogP contribution >= 0.6 is 0 Å². The van der Waals surface area contributed by atoms with Gasteiger partial charge in [0.2, 0.25) is 5.91 Å². The molecule has 0 saturated carbocycles. The zero-order chi connectivity index (χ0) is 15.1. The summed E-state index contributed by atoms with van der Waals surface area (Å²) >= 11 is 0. The van der Waals surface area contributed by atoms with Crippen LogP contribution < -0.4 is 10.6 Å². The summed E-state index contributed by atoms with van der Waals surface area (Å²) in [6.45, 7) is 11.2. The summed E-state index contributed by atoms with van der Waals surface area (Å²) in [5.41, 5.74) is 1.23. The van der Waals surface area contributed by atoms with Gasteiger partial charge in [-0.15, -0.1) is 0 Å². The molecule has 1 amide bonds. The Bertz CT molecular complexity index is 401. The molecule has 0 spiro atoms. The second kappa shape index (κ2) is 8.05. The lowest BCUT2D eigenvalue weighted by Gasteiger charge is -2.26. The Morgan fingerprint density at radius 2 is 1.65 bits per heavy atom. The molecule has 3 heteroatoms. The standard InChI is InChI=1S/C17H28N2O/c1-12(2)11-18-17(20)14(5)19-16(13(3)4)15-9-7-6-8-10-15/h6-10,12-14,16,19H,11H2,1-5H3,(H,18,20). The first kappa shape index (κ1) is 16.7. The molecule has 0 fully saturated rings. The Kier molecular flexibility index (Phi) is 6.73. The van der Waals surface area contributed by atoms with Crippen LogP contribution in [0.4, 0.5) is 0 Å². The van der Waals surface area contributed by atoms with Crippen LogP contribution in [-0.2, 0) is 4.79 Å². The summed E-state index contributed by atoms with van der Waals surface area (Å²) in [6.07, 6.45) is 0. The Morgan fingerprint density at radius 3 is 2.15 bits per heavy atom. The van der Waals surface area contributed by atoms with E-state index in [1.54, 1.807) is 0 Å². The van der Waals surface area contributed by atoms with Gasteiger partial charge < -0.3 is 5.32 Å². The molecule has 3 nitrogen and oxygen atoms in total. The summed E-state index contributed by atoms with van der Waals surface area (Å²) in [4.78, 5) is 12.1. The van der Waals surface area contributed by atoms with E-state index in [1.165, 1.54) is 5.56 Å². The molecule has 1 aromatic rings. The van der Waals surface area contributed by atoms with Crippen LogP contribution in [0.2, 0.25) is 0 Å². The Labute approximate surface area is 123 Å². The van der Waals surface area contributed by atoms with Gasteiger partial charge in [0, 0.05) is 12.6 Å². The maximum Gasteiger partial charge on any atom is 0.236 e. The average molecular weight is 276 g/mol. The molecule has 0 saturated heterocycles. The van der Waals surface area contributed by atoms with E-state index < -0.39 is 0 Å². The van der Waals surface area contributed by atoms with Crippen molar-refractivity contribution >= 4 is 5.91 Å². The van der Waals surface area contributed by atoms with Crippen molar-refractivity contribution in [3.05, 3.63) is 35.9 Å². The number of benzene rings is 1. The van der Waals surface area contributed by atoms with E-state index in [4.69, 9.17) is 0 Å². The molecule has 0 radical (unpaired) electrons. The fourth-order valence-corrected chi connectivity index (χ4v) is 2.14. The summed E-state index contributed by atoms with van der Waals surface area (Å²) in [5.74, 6) is 0.971. The quantitative estimate of drug-likeness (QED) is 0.803. The topological polar surface area (TPSA) is 41.1 Å². The summed E-state index contributed by atoms with van der Waals surface area (Å²) < 4.78 is 0. The normalized spacial score (nSPS) is 14.3. The van der Waals surface area contributed by atoms with E-state index >= 15 is 0 Å². The number of carbonyl (C=O) groups is 1. The number of hydrogen-bond donors (Lipinski definition) is 2. The third-order valence-corrected chi connectivity index (χ3v) is 3.33. The maximum atomic E-state index is 12.1. The highest BCUT2D eigenvalue weighted by atomic mass is 16.2. The van der Waals surface area contributed by atoms with Gasteiger partial charge in [0.15, 0.2) is 0 Å². The molecule has 0 aliphatic rings. The third-order valence-electron chi connectivity index (χ3n) is 3.33. The largest absolute Gasteiger partial charge is 0.354 e. The molecular formula is C17H28N2O. The van der Waals surface area contributed by atoms with E-state index in [9.17, 15) is 4.79 Å². The first-order chi connectivity index (χ1) is 9.41. The minimum Gasteiger partial charge on any atom is -0.354 e. The molecular weight excluding hydrogens is 248 g/mol. The van der Waals surface area contributed by atoms with E-state index in [0.29, 0.717) is 11.8 Å². The van der Waals surface area contributed by atoms with Gasteiger partial charge in [-0.2, -0.15) is 0 Å². The molecule has 0 aromatic heterocycles. The molecule has 0 bridgehead atoms. The van der Waals surface area contributed by atoms with Gasteiger partial charge in [-0.3, -0.25) is 10.1 Å². The highest BCUT2D eigenvalue weighted by Crippen LogP contribution is 2.21. The molecule has 0 aliphatic carbocycles. The molecule has 112 valence electrons. The van der Waals surface area contributed by atoms with Crippen molar-refractivity contribution in [3.8, 4) is 0 Å². The van der Waals surface area contributed by atoms with E-state index in [-0.39, 0.29) is 18.0 Å². The minimum atomic E-state index is -0.193. The highest BCUT2D eigenvalue weighted by Gasteiger charge is 2.21. The van der Waals surface area contributed by atoms with Gasteiger partial charge in [-0.1, -0.05) is 58.0 Å². The van der Waals surface area contributed by atoms with Crippen molar-refractivity contribution in [2.24, 2.45) is 11.8 Å². The first-order valence-electron chi connectivity index (χ1n) is 7.50. The minimum absolute atomic E-state index is 0.0697. The maximum absolute atomic E-state index is 12.1. The second-order valence-corrected chi connectivity index (χ2v) is 6.16. The van der Waals surface area contributed by atoms with Crippen LogP contribution in [0.25, 0.3) is 0 Å². The molecule has 0 aliphatic heterocycles. The van der Waals surface area contributed by atoms with Crippen LogP contribution in [0.15, 0.2) is 30.3 Å². The van der Waals surface area contributed by atoms with Gasteiger partial charge in [-0.05, 0) is 24.3 Å². The number of nitrogens with one attached hydrogen (secondary N) is 2. The monoisotopic (exact) mass is 276 g/mol. The van der Waals surface area contributed by atoms with E-state index in [0.717, 1.165) is 6.54 Å². The zero-order valence-electron chi connectivity index (χ0n) is 13.3. The molecule has 2 N–H and O–H groups in total. The highest BCUT2D eigenvalue weighted by molar-refractivity contribution is 5.81. The van der Waals surface area contributed by atoms with Crippen molar-refractivity contribution in [3.63, 3.8) is 0 Å². The van der Waals surface area contributed by atoms with Crippen LogP contribution in [0.1, 0.15) is 46.2 Å². The Balaban J connectivity index is 2.64. The number of rotatable bonds is 7. The van der Waals surface area contributed by atoms with Gasteiger partial charge in [0.1, 0.15) is 0 Å². The van der Waals surface area contributed by atoms with Gasteiger partial charge in [0.05, 0.1) is 6.04 Å². The molecule has 2 atom stereocenters. The van der Waals surface area contributed by atoms with Crippen LogP contribution in [0.5, 0.6) is 0 Å². The molecule has 2 unspecified atom stereocenters. The first-order valence-corrected chi connectivity index (χ1v) is 7.50. The zero-order valence-corrected chi connectivity index (χ0v) is 13.3. The number of carbonyl (C=O) groups excluding carboxylic acids is 1. The summed E-state index contributed by atoms with van der Waals surface area (Å²) in [5, 5.41) is 6.42. The number of hydrogen-bond acceptors (Lipinski definition) is 2. The lowest BCUT2D eigenvalue weighted by molar-refractivity contribution is -0.123. The summed E-state index contributed by atoms with van der Waals surface area (Å²) in [7, 11) is 0. The van der Waals surface area contributed by atoms with Crippen molar-refractivity contribution in [2.45, 2.75) is 46.7 Å². The van der Waals surface area contributed by atoms with E-state index in [2.05, 4.69) is 50.5 Å². The summed E-state index contributed by atoms with van der Waals surface area (Å²) in [6, 6.07) is 10.3. The predicted octanol–water partition coefficient (Wildman–Crippen LogP) is 3.13. The average Bonchev–Trinajstić information content (AvgIpc) is 2.42. The van der Waals surface area contributed by atoms with Gasteiger partial charge >= 0.3 is 0 Å². The number of amides is 1. The smallest absolute Gasteiger partial charge is 0.236 e. The lowest BCUT2D eigenvalue weighted by Crippen LogP contribution is -2.45. The van der Waals surface area contributed by atoms with Gasteiger partial charge in [-0.25, -0.2) is 0 Å². The fourth-order valence-electron chi connectivity index (χ4n) is 2.14. The van der Waals surface area contributed by atoms with Crippen molar-refractivity contribution in [1.29, 1.82) is 0 Å². The van der Waals surface area contributed by atoms with Crippen LogP contribution in [0, 0.1) is 11.8 Å². The fraction of sp³-hybridized carbons (Fsp3) is 0.588. The third kappa shape index (κ3) is 5.33.